The summed E-state index contributed by atoms with van der Waals surface area (Å²) in [6.07, 6.45) is 4.93. The molecule has 6 heteroatoms. The largest absolute Gasteiger partial charge is 0.381 e. The molecule has 0 unspecified atom stereocenters. The number of carbonyl (C=O) groups excluding carboxylic acids is 1. The van der Waals surface area contributed by atoms with Gasteiger partial charge in [0.25, 0.3) is 0 Å². The number of nitrogens with zero attached hydrogens (tertiary/aromatic N) is 3. The van der Waals surface area contributed by atoms with E-state index in [1.54, 1.807) is 0 Å². The van der Waals surface area contributed by atoms with Gasteiger partial charge in [0.2, 0.25) is 11.8 Å². The predicted molar refractivity (Wildman–Crippen MR) is 89.4 cm³/mol. The maximum absolute atomic E-state index is 13.2. The molecule has 1 aromatic heterocycles. The van der Waals surface area contributed by atoms with Crippen molar-refractivity contribution in [2.75, 3.05) is 26.3 Å². The number of hydrogen-bond acceptors (Lipinski definition) is 5. The lowest BCUT2D eigenvalue weighted by molar-refractivity contribution is -0.147. The standard InChI is InChI=1S/C18H29N3O3/c1-13-19-16(20-24-13)11-14-5-4-8-21(12-14)17(22)18(2,3)15-6-9-23-10-7-15/h14-15H,4-12H2,1-3H3/t14-/m0/s1. The quantitative estimate of drug-likeness (QED) is 0.846. The highest BCUT2D eigenvalue weighted by Crippen LogP contribution is 2.37. The van der Waals surface area contributed by atoms with Crippen LogP contribution in [-0.4, -0.2) is 47.3 Å². The highest BCUT2D eigenvalue weighted by atomic mass is 16.5. The van der Waals surface area contributed by atoms with Crippen LogP contribution in [0, 0.1) is 24.2 Å². The van der Waals surface area contributed by atoms with Crippen LogP contribution in [0.4, 0.5) is 0 Å². The van der Waals surface area contributed by atoms with Crippen molar-refractivity contribution in [2.24, 2.45) is 17.3 Å². The fourth-order valence-corrected chi connectivity index (χ4v) is 4.10. The van der Waals surface area contributed by atoms with Crippen molar-refractivity contribution >= 4 is 5.91 Å². The van der Waals surface area contributed by atoms with Gasteiger partial charge in [-0.3, -0.25) is 4.79 Å². The summed E-state index contributed by atoms with van der Waals surface area (Å²) < 4.78 is 10.5. The summed E-state index contributed by atoms with van der Waals surface area (Å²) >= 11 is 0. The second-order valence-corrected chi connectivity index (χ2v) is 7.80. The minimum atomic E-state index is -0.311. The Morgan fingerprint density at radius 2 is 2.04 bits per heavy atom. The first-order chi connectivity index (χ1) is 11.5. The maximum atomic E-state index is 13.2. The summed E-state index contributed by atoms with van der Waals surface area (Å²) in [5, 5.41) is 4.00. The molecule has 0 bridgehead atoms. The number of rotatable bonds is 4. The van der Waals surface area contributed by atoms with E-state index in [0.29, 0.717) is 23.6 Å². The number of hydrogen-bond donors (Lipinski definition) is 0. The minimum absolute atomic E-state index is 0.295. The van der Waals surface area contributed by atoms with Crippen LogP contribution in [0.1, 0.15) is 51.2 Å². The number of amides is 1. The molecule has 134 valence electrons. The van der Waals surface area contributed by atoms with Crippen molar-refractivity contribution in [1.82, 2.24) is 15.0 Å². The Morgan fingerprint density at radius 1 is 1.29 bits per heavy atom. The molecule has 0 saturated carbocycles. The number of aryl methyl sites for hydroxylation is 1. The highest BCUT2D eigenvalue weighted by molar-refractivity contribution is 5.82. The Bertz CT molecular complexity index is 564. The van der Waals surface area contributed by atoms with E-state index in [1.807, 2.05) is 6.92 Å². The lowest BCUT2D eigenvalue weighted by Crippen LogP contribution is -2.49. The molecule has 1 amide bonds. The molecule has 1 atom stereocenters. The highest BCUT2D eigenvalue weighted by Gasteiger charge is 2.41. The fraction of sp³-hybridized carbons (Fsp3) is 0.833. The van der Waals surface area contributed by atoms with Crippen molar-refractivity contribution < 1.29 is 14.1 Å². The summed E-state index contributed by atoms with van der Waals surface area (Å²) in [6.45, 7) is 9.26. The SMILES string of the molecule is Cc1nc(C[C@@H]2CCCN(C(=O)C(C)(C)C3CCOCC3)C2)no1. The van der Waals surface area contributed by atoms with Gasteiger partial charge in [-0.15, -0.1) is 0 Å². The Morgan fingerprint density at radius 3 is 2.71 bits per heavy atom. The fourth-order valence-electron chi connectivity index (χ4n) is 4.10. The third-order valence-corrected chi connectivity index (χ3v) is 5.64. The molecule has 0 aliphatic carbocycles. The van der Waals surface area contributed by atoms with Crippen LogP contribution in [0.2, 0.25) is 0 Å². The van der Waals surface area contributed by atoms with Gasteiger partial charge in [0, 0.05) is 45.1 Å². The smallest absolute Gasteiger partial charge is 0.228 e. The molecular weight excluding hydrogens is 306 g/mol. The summed E-state index contributed by atoms with van der Waals surface area (Å²) in [5.41, 5.74) is -0.311. The van der Waals surface area contributed by atoms with E-state index >= 15 is 0 Å². The molecule has 3 rings (SSSR count). The molecule has 0 spiro atoms. The third-order valence-electron chi connectivity index (χ3n) is 5.64. The zero-order chi connectivity index (χ0) is 17.2. The van der Waals surface area contributed by atoms with Crippen LogP contribution < -0.4 is 0 Å². The second kappa shape index (κ2) is 7.21. The van der Waals surface area contributed by atoms with Gasteiger partial charge in [-0.1, -0.05) is 19.0 Å². The Balaban J connectivity index is 1.61. The van der Waals surface area contributed by atoms with E-state index < -0.39 is 0 Å². The van der Waals surface area contributed by atoms with Crippen molar-refractivity contribution in [1.29, 1.82) is 0 Å². The summed E-state index contributed by atoms with van der Waals surface area (Å²) in [6, 6.07) is 0. The zero-order valence-electron chi connectivity index (χ0n) is 15.1. The van der Waals surface area contributed by atoms with E-state index in [4.69, 9.17) is 9.26 Å². The molecule has 3 heterocycles. The number of piperidine rings is 1. The van der Waals surface area contributed by atoms with Crippen LogP contribution in [0.25, 0.3) is 0 Å². The van der Waals surface area contributed by atoms with Crippen molar-refractivity contribution in [3.8, 4) is 0 Å². The maximum Gasteiger partial charge on any atom is 0.228 e. The molecule has 24 heavy (non-hydrogen) atoms. The van der Waals surface area contributed by atoms with Crippen LogP contribution >= 0.6 is 0 Å². The van der Waals surface area contributed by atoms with Gasteiger partial charge >= 0.3 is 0 Å². The zero-order valence-corrected chi connectivity index (χ0v) is 15.1. The van der Waals surface area contributed by atoms with E-state index in [0.717, 1.165) is 64.2 Å². The van der Waals surface area contributed by atoms with Crippen LogP contribution in [0.15, 0.2) is 4.52 Å². The first-order valence-corrected chi connectivity index (χ1v) is 9.13. The predicted octanol–water partition coefficient (Wildman–Crippen LogP) is 2.61. The average Bonchev–Trinajstić information content (AvgIpc) is 3.00. The summed E-state index contributed by atoms with van der Waals surface area (Å²) in [7, 11) is 0. The Labute approximate surface area is 143 Å². The van der Waals surface area contributed by atoms with Crippen LogP contribution in [-0.2, 0) is 16.0 Å². The Kier molecular flexibility index (Phi) is 5.23. The molecule has 6 nitrogen and oxygen atoms in total. The van der Waals surface area contributed by atoms with Gasteiger partial charge in [0.05, 0.1) is 0 Å². The van der Waals surface area contributed by atoms with Crippen molar-refractivity contribution in [3.63, 3.8) is 0 Å². The summed E-state index contributed by atoms with van der Waals surface area (Å²) in [4.78, 5) is 19.5. The molecule has 2 saturated heterocycles. The number of aromatic nitrogens is 2. The lowest BCUT2D eigenvalue weighted by atomic mass is 9.73. The molecular formula is C18H29N3O3. The topological polar surface area (TPSA) is 68.5 Å². The lowest BCUT2D eigenvalue weighted by Gasteiger charge is -2.42. The summed E-state index contributed by atoms with van der Waals surface area (Å²) in [5.74, 6) is 2.50. The van der Waals surface area contributed by atoms with Gasteiger partial charge in [-0.05, 0) is 37.5 Å². The normalized spacial score (nSPS) is 23.5. The molecule has 0 radical (unpaired) electrons. The molecule has 0 N–H and O–H groups in total. The van der Waals surface area contributed by atoms with Gasteiger partial charge in [0.15, 0.2) is 5.82 Å². The van der Waals surface area contributed by atoms with Gasteiger partial charge in [-0.25, -0.2) is 0 Å². The first-order valence-electron chi connectivity index (χ1n) is 9.13. The number of ether oxygens (including phenoxy) is 1. The van der Waals surface area contributed by atoms with Crippen molar-refractivity contribution in [3.05, 3.63) is 11.7 Å². The van der Waals surface area contributed by atoms with Gasteiger partial charge < -0.3 is 14.2 Å². The van der Waals surface area contributed by atoms with Crippen LogP contribution in [0.3, 0.4) is 0 Å². The van der Waals surface area contributed by atoms with E-state index in [-0.39, 0.29) is 5.41 Å². The second-order valence-electron chi connectivity index (χ2n) is 7.80. The Hall–Kier alpha value is -1.43. The third kappa shape index (κ3) is 3.79. The van der Waals surface area contributed by atoms with Gasteiger partial charge in [0.1, 0.15) is 0 Å². The molecule has 1 aromatic rings. The van der Waals surface area contributed by atoms with E-state index in [9.17, 15) is 4.79 Å². The van der Waals surface area contributed by atoms with Crippen LogP contribution in [0.5, 0.6) is 0 Å². The van der Waals surface area contributed by atoms with Crippen molar-refractivity contribution in [2.45, 2.75) is 52.9 Å². The molecule has 2 aliphatic heterocycles. The molecule has 0 aromatic carbocycles. The van der Waals surface area contributed by atoms with Gasteiger partial charge in [-0.2, -0.15) is 4.98 Å². The molecule has 2 aliphatic rings. The average molecular weight is 335 g/mol. The first kappa shape index (κ1) is 17.4. The molecule has 2 fully saturated rings. The minimum Gasteiger partial charge on any atom is -0.381 e. The monoisotopic (exact) mass is 335 g/mol. The number of likely N-dealkylation sites (tertiary alicyclic amines) is 1. The van der Waals surface area contributed by atoms with E-state index in [2.05, 4.69) is 28.9 Å². The number of carbonyl (C=O) groups is 1. The van der Waals surface area contributed by atoms with E-state index in [1.165, 1.54) is 0 Å².